The van der Waals surface area contributed by atoms with Crippen molar-refractivity contribution < 1.29 is 15.0 Å². The van der Waals surface area contributed by atoms with Gasteiger partial charge < -0.3 is 10.2 Å². The Balaban J connectivity index is 1.61. The Morgan fingerprint density at radius 3 is 2.27 bits per heavy atom. The molecule has 33 heavy (non-hydrogen) atoms. The van der Waals surface area contributed by atoms with Gasteiger partial charge in [0.05, 0.1) is 11.5 Å². The predicted octanol–water partition coefficient (Wildman–Crippen LogP) is 7.09. The Hall–Kier alpha value is -0.830. The Morgan fingerprint density at radius 2 is 1.61 bits per heavy atom. The molecule has 0 radical (unpaired) electrons. The highest BCUT2D eigenvalue weighted by Gasteiger charge is 2.69. The van der Waals surface area contributed by atoms with Crippen LogP contribution in [-0.4, -0.2) is 22.3 Å². The van der Waals surface area contributed by atoms with Gasteiger partial charge in [-0.25, -0.2) is 0 Å². The second-order valence-corrected chi connectivity index (χ2v) is 14.5. The number of aliphatic hydroxyl groups excluding tert-OH is 1. The molecule has 4 saturated carbocycles. The lowest BCUT2D eigenvalue weighted by molar-refractivity contribution is -0.206. The van der Waals surface area contributed by atoms with Gasteiger partial charge in [0.15, 0.2) is 0 Å². The van der Waals surface area contributed by atoms with Gasteiger partial charge in [-0.3, -0.25) is 4.79 Å². The van der Waals surface area contributed by atoms with Crippen molar-refractivity contribution in [2.24, 2.45) is 56.7 Å². The van der Waals surface area contributed by atoms with E-state index < -0.39 is 11.4 Å². The molecule has 0 bridgehead atoms. The number of hydrogen-bond donors (Lipinski definition) is 2. The summed E-state index contributed by atoms with van der Waals surface area (Å²) in [6.45, 7) is 17.0. The Bertz CT molecular complexity index is 874. The first kappa shape index (κ1) is 23.9. The third kappa shape index (κ3) is 2.75. The van der Waals surface area contributed by atoms with Crippen molar-refractivity contribution in [2.75, 3.05) is 0 Å². The molecule has 4 fully saturated rings. The molecule has 0 aliphatic heterocycles. The lowest BCUT2D eigenvalue weighted by Gasteiger charge is -2.71. The second-order valence-electron chi connectivity index (χ2n) is 14.5. The lowest BCUT2D eigenvalue weighted by Crippen LogP contribution is -2.65. The first-order valence-electron chi connectivity index (χ1n) is 13.9. The molecule has 2 N–H and O–H groups in total. The van der Waals surface area contributed by atoms with Gasteiger partial charge in [0.25, 0.3) is 0 Å². The summed E-state index contributed by atoms with van der Waals surface area (Å²) in [6.07, 6.45) is 11.6. The van der Waals surface area contributed by atoms with E-state index in [0.29, 0.717) is 23.7 Å². The number of allylic oxidation sites excluding steroid dienone is 2. The van der Waals surface area contributed by atoms with Gasteiger partial charge in [-0.2, -0.15) is 0 Å². The Morgan fingerprint density at radius 1 is 0.909 bits per heavy atom. The zero-order valence-electron chi connectivity index (χ0n) is 22.2. The Labute approximate surface area is 201 Å². The largest absolute Gasteiger partial charge is 0.481 e. The fourth-order valence-electron chi connectivity index (χ4n) is 10.8. The van der Waals surface area contributed by atoms with Crippen molar-refractivity contribution in [3.8, 4) is 0 Å². The number of rotatable bonds is 1. The molecule has 3 heteroatoms. The average molecular weight is 457 g/mol. The lowest BCUT2D eigenvalue weighted by atomic mass is 9.33. The molecule has 0 aromatic heterocycles. The number of aliphatic hydroxyl groups is 1. The van der Waals surface area contributed by atoms with Crippen molar-refractivity contribution in [2.45, 2.75) is 112 Å². The van der Waals surface area contributed by atoms with Crippen LogP contribution in [0.25, 0.3) is 0 Å². The van der Waals surface area contributed by atoms with E-state index in [1.165, 1.54) is 18.4 Å². The maximum atomic E-state index is 12.8. The van der Waals surface area contributed by atoms with E-state index in [0.717, 1.165) is 44.9 Å². The molecule has 0 amide bonds. The number of carboxylic acid groups (broad SMARTS) is 1. The van der Waals surface area contributed by atoms with Gasteiger partial charge in [-0.15, -0.1) is 0 Å². The van der Waals surface area contributed by atoms with Crippen LogP contribution in [0.3, 0.4) is 0 Å². The third-order valence-corrected chi connectivity index (χ3v) is 13.4. The van der Waals surface area contributed by atoms with Gasteiger partial charge in [0.2, 0.25) is 0 Å². The minimum absolute atomic E-state index is 0.0302. The Kier molecular flexibility index (Phi) is 5.15. The molecule has 3 nitrogen and oxygen atoms in total. The summed E-state index contributed by atoms with van der Waals surface area (Å²) in [5.74, 6) is 1.82. The number of fused-ring (bicyclic) bond motifs is 7. The van der Waals surface area contributed by atoms with Crippen LogP contribution in [0.1, 0.15) is 106 Å². The molecule has 186 valence electrons. The third-order valence-electron chi connectivity index (χ3n) is 13.4. The topological polar surface area (TPSA) is 57.5 Å². The zero-order valence-corrected chi connectivity index (χ0v) is 22.2. The van der Waals surface area contributed by atoms with Crippen molar-refractivity contribution in [3.05, 3.63) is 11.6 Å². The summed E-state index contributed by atoms with van der Waals surface area (Å²) in [7, 11) is 0. The van der Waals surface area contributed by atoms with Gasteiger partial charge >= 0.3 is 5.97 Å². The van der Waals surface area contributed by atoms with Crippen molar-refractivity contribution >= 4 is 5.97 Å². The molecular formula is C30H48O3. The number of hydrogen-bond acceptors (Lipinski definition) is 2. The summed E-state index contributed by atoms with van der Waals surface area (Å²) in [5.41, 5.74) is 1.46. The summed E-state index contributed by atoms with van der Waals surface area (Å²) in [5, 5.41) is 21.4. The minimum Gasteiger partial charge on any atom is -0.481 e. The maximum Gasteiger partial charge on any atom is 0.310 e. The van der Waals surface area contributed by atoms with Crippen LogP contribution in [0, 0.1) is 56.7 Å². The van der Waals surface area contributed by atoms with E-state index in [-0.39, 0.29) is 33.7 Å². The van der Waals surface area contributed by atoms with Crippen LogP contribution in [0.4, 0.5) is 0 Å². The first-order chi connectivity index (χ1) is 15.3. The van der Waals surface area contributed by atoms with Crippen LogP contribution < -0.4 is 0 Å². The van der Waals surface area contributed by atoms with Crippen LogP contribution in [0.2, 0.25) is 0 Å². The summed E-state index contributed by atoms with van der Waals surface area (Å²) < 4.78 is 0. The monoisotopic (exact) mass is 456 g/mol. The molecule has 0 unspecified atom stereocenters. The van der Waals surface area contributed by atoms with Crippen LogP contribution in [-0.2, 0) is 4.79 Å². The highest BCUT2D eigenvalue weighted by molar-refractivity contribution is 5.76. The van der Waals surface area contributed by atoms with Crippen LogP contribution in [0.5, 0.6) is 0 Å². The molecule has 5 rings (SSSR count). The molecular weight excluding hydrogens is 408 g/mol. The first-order valence-corrected chi connectivity index (χ1v) is 13.9. The summed E-state index contributed by atoms with van der Waals surface area (Å²) in [4.78, 5) is 12.8. The fourth-order valence-corrected chi connectivity index (χ4v) is 10.8. The van der Waals surface area contributed by atoms with Gasteiger partial charge in [-0.05, 0) is 109 Å². The van der Waals surface area contributed by atoms with E-state index in [1.807, 2.05) is 0 Å². The van der Waals surface area contributed by atoms with Gasteiger partial charge in [0, 0.05) is 0 Å². The van der Waals surface area contributed by atoms with E-state index in [2.05, 4.69) is 54.5 Å². The number of carbonyl (C=O) groups is 1. The van der Waals surface area contributed by atoms with E-state index >= 15 is 0 Å². The van der Waals surface area contributed by atoms with Gasteiger partial charge in [0.1, 0.15) is 0 Å². The van der Waals surface area contributed by atoms with Crippen molar-refractivity contribution in [1.29, 1.82) is 0 Å². The quantitative estimate of drug-likeness (QED) is 0.414. The second kappa shape index (κ2) is 7.11. The summed E-state index contributed by atoms with van der Waals surface area (Å²) in [6, 6.07) is 0. The fraction of sp³-hybridized carbons (Fsp3) is 0.900. The standard InChI is InChI=1S/C30H48O3/c1-18-10-15-30(25(32)33)17-16-28(6)20(24(30)19(18)2)8-9-22-27(5)13-12-23(31)26(3,4)21(27)11-14-29(22,28)7/h8,18-19,21-24,31H,9-17H2,1-7H3,(H,32,33)/t18-,19+,21-,22+,23-,24-,27+,28+,29+,30-/m0/s1. The SMILES string of the molecule is C[C@H]1[C@H]2C3=CC[C@@H]4[C@]5(C)CC[C@H](O)C(C)(C)[C@@H]5CC[C@@]4(C)[C@]3(C)CC[C@@]2(C(=O)O)CC[C@@H]1C. The van der Waals surface area contributed by atoms with Crippen LogP contribution >= 0.6 is 0 Å². The smallest absolute Gasteiger partial charge is 0.310 e. The highest BCUT2D eigenvalue weighted by atomic mass is 16.4. The van der Waals surface area contributed by atoms with Crippen molar-refractivity contribution in [3.63, 3.8) is 0 Å². The zero-order chi connectivity index (χ0) is 24.2. The molecule has 5 aliphatic rings. The van der Waals surface area contributed by atoms with Gasteiger partial charge in [-0.1, -0.05) is 60.1 Å². The van der Waals surface area contributed by atoms with Crippen LogP contribution in [0.15, 0.2) is 11.6 Å². The van der Waals surface area contributed by atoms with E-state index in [1.54, 1.807) is 0 Å². The molecule has 0 aromatic carbocycles. The van der Waals surface area contributed by atoms with Crippen molar-refractivity contribution in [1.82, 2.24) is 0 Å². The highest BCUT2D eigenvalue weighted by Crippen LogP contribution is 2.75. The minimum atomic E-state index is -0.557. The average Bonchev–Trinajstić information content (AvgIpc) is 2.74. The molecule has 0 spiro atoms. The van der Waals surface area contributed by atoms with E-state index in [4.69, 9.17) is 0 Å². The molecule has 5 aliphatic carbocycles. The molecule has 0 aromatic rings. The maximum absolute atomic E-state index is 12.8. The normalized spacial score (nSPS) is 55.3. The molecule has 0 saturated heterocycles. The summed E-state index contributed by atoms with van der Waals surface area (Å²) >= 11 is 0. The number of carboxylic acids is 1. The molecule has 0 heterocycles. The predicted molar refractivity (Wildman–Crippen MR) is 133 cm³/mol. The molecule has 10 atom stereocenters. The number of aliphatic carboxylic acids is 1. The van der Waals surface area contributed by atoms with E-state index in [9.17, 15) is 15.0 Å².